The highest BCUT2D eigenvalue weighted by molar-refractivity contribution is 9.10. The zero-order chi connectivity index (χ0) is 10.0. The summed E-state index contributed by atoms with van der Waals surface area (Å²) in [4.78, 5) is 10.7. The lowest BCUT2D eigenvalue weighted by Gasteiger charge is -2.00. The topological polar surface area (TPSA) is 17.1 Å². The van der Waals surface area contributed by atoms with Crippen LogP contribution in [0.1, 0.15) is 10.4 Å². The van der Waals surface area contributed by atoms with Crippen molar-refractivity contribution in [2.45, 2.75) is 6.43 Å². The number of rotatable bonds is 2. The van der Waals surface area contributed by atoms with Crippen molar-refractivity contribution in [2.24, 2.45) is 0 Å². The highest BCUT2D eigenvalue weighted by Gasteiger charge is 2.18. The molecular formula is C8H4BrF3O. The van der Waals surface area contributed by atoms with Crippen molar-refractivity contribution in [3.63, 3.8) is 0 Å². The molecule has 0 saturated heterocycles. The first kappa shape index (κ1) is 10.2. The van der Waals surface area contributed by atoms with Crippen LogP contribution < -0.4 is 0 Å². The van der Waals surface area contributed by atoms with E-state index in [2.05, 4.69) is 15.9 Å². The first-order valence-corrected chi connectivity index (χ1v) is 4.08. The number of Topliss-reactive ketones (excluding diaryl/α,β-unsaturated/α-hetero) is 1. The zero-order valence-corrected chi connectivity index (χ0v) is 7.82. The molecule has 70 valence electrons. The van der Waals surface area contributed by atoms with Gasteiger partial charge in [0, 0.05) is 10.0 Å². The fourth-order valence-corrected chi connectivity index (χ4v) is 1.29. The molecule has 13 heavy (non-hydrogen) atoms. The summed E-state index contributed by atoms with van der Waals surface area (Å²) in [5.41, 5.74) is -0.332. The van der Waals surface area contributed by atoms with E-state index in [4.69, 9.17) is 0 Å². The second kappa shape index (κ2) is 3.91. The van der Waals surface area contributed by atoms with E-state index in [0.29, 0.717) is 0 Å². The molecule has 0 spiro atoms. The highest BCUT2D eigenvalue weighted by atomic mass is 79.9. The number of ketones is 1. The van der Waals surface area contributed by atoms with Gasteiger partial charge in [-0.15, -0.1) is 0 Å². The van der Waals surface area contributed by atoms with Crippen LogP contribution in [0.25, 0.3) is 0 Å². The molecule has 0 atom stereocenters. The summed E-state index contributed by atoms with van der Waals surface area (Å²) >= 11 is 2.89. The van der Waals surface area contributed by atoms with E-state index in [0.717, 1.165) is 18.2 Å². The van der Waals surface area contributed by atoms with E-state index in [-0.39, 0.29) is 10.0 Å². The van der Waals surface area contributed by atoms with Crippen LogP contribution in [0.15, 0.2) is 22.7 Å². The van der Waals surface area contributed by atoms with Crippen LogP contribution in [0.5, 0.6) is 0 Å². The summed E-state index contributed by atoms with van der Waals surface area (Å²) < 4.78 is 36.7. The lowest BCUT2D eigenvalue weighted by Crippen LogP contribution is -2.10. The Kier molecular flexibility index (Phi) is 3.08. The molecule has 0 amide bonds. The SMILES string of the molecule is O=C(c1cc(F)cc(Br)c1)C(F)F. The Balaban J connectivity index is 3.08. The number of hydrogen-bond acceptors (Lipinski definition) is 1. The minimum atomic E-state index is -3.10. The largest absolute Gasteiger partial charge is 0.300 e. The molecule has 0 radical (unpaired) electrons. The Hall–Kier alpha value is -0.840. The summed E-state index contributed by atoms with van der Waals surface area (Å²) in [6, 6.07) is 3.01. The van der Waals surface area contributed by atoms with Crippen molar-refractivity contribution in [1.29, 1.82) is 0 Å². The van der Waals surface area contributed by atoms with Crippen molar-refractivity contribution < 1.29 is 18.0 Å². The molecule has 0 aromatic heterocycles. The molecule has 1 aromatic rings. The van der Waals surface area contributed by atoms with Crippen LogP contribution in [0.2, 0.25) is 0 Å². The molecule has 0 N–H and O–H groups in total. The smallest absolute Gasteiger partial charge is 0.288 e. The van der Waals surface area contributed by atoms with E-state index in [1.807, 2.05) is 0 Å². The fraction of sp³-hybridized carbons (Fsp3) is 0.125. The number of benzene rings is 1. The van der Waals surface area contributed by atoms with Crippen LogP contribution in [0.3, 0.4) is 0 Å². The fourth-order valence-electron chi connectivity index (χ4n) is 0.822. The summed E-state index contributed by atoms with van der Waals surface area (Å²) in [6.07, 6.45) is -3.10. The quantitative estimate of drug-likeness (QED) is 0.740. The van der Waals surface area contributed by atoms with Gasteiger partial charge < -0.3 is 0 Å². The van der Waals surface area contributed by atoms with E-state index < -0.39 is 18.0 Å². The first-order valence-electron chi connectivity index (χ1n) is 3.29. The van der Waals surface area contributed by atoms with Crippen molar-refractivity contribution in [3.8, 4) is 0 Å². The molecule has 0 aliphatic heterocycles. The molecule has 0 saturated carbocycles. The van der Waals surface area contributed by atoms with E-state index in [1.165, 1.54) is 0 Å². The molecule has 0 aliphatic rings. The lowest BCUT2D eigenvalue weighted by molar-refractivity contribution is 0.0678. The zero-order valence-electron chi connectivity index (χ0n) is 6.23. The van der Waals surface area contributed by atoms with Crippen molar-refractivity contribution in [1.82, 2.24) is 0 Å². The molecule has 5 heteroatoms. The molecule has 0 heterocycles. The number of carbonyl (C=O) groups excluding carboxylic acids is 1. The predicted octanol–water partition coefficient (Wildman–Crippen LogP) is 3.04. The standard InChI is InChI=1S/C8H4BrF3O/c9-5-1-4(2-6(10)3-5)7(13)8(11)12/h1-3,8H. The van der Waals surface area contributed by atoms with Crippen LogP contribution in [-0.2, 0) is 0 Å². The number of halogens is 4. The summed E-state index contributed by atoms with van der Waals surface area (Å²) in [6.45, 7) is 0. The first-order chi connectivity index (χ1) is 6.00. The highest BCUT2D eigenvalue weighted by Crippen LogP contribution is 2.17. The third-order valence-corrected chi connectivity index (χ3v) is 1.80. The Morgan fingerprint density at radius 2 is 1.92 bits per heavy atom. The Labute approximate surface area is 80.7 Å². The molecule has 0 unspecified atom stereocenters. The van der Waals surface area contributed by atoms with Crippen LogP contribution in [-0.4, -0.2) is 12.2 Å². The van der Waals surface area contributed by atoms with Gasteiger partial charge in [-0.2, -0.15) is 0 Å². The van der Waals surface area contributed by atoms with Crippen LogP contribution in [0.4, 0.5) is 13.2 Å². The van der Waals surface area contributed by atoms with Gasteiger partial charge in [0.1, 0.15) is 5.82 Å². The third kappa shape index (κ3) is 2.55. The van der Waals surface area contributed by atoms with Crippen molar-refractivity contribution >= 4 is 21.7 Å². The Morgan fingerprint density at radius 1 is 1.31 bits per heavy atom. The van der Waals surface area contributed by atoms with Crippen molar-refractivity contribution in [3.05, 3.63) is 34.1 Å². The molecular weight excluding hydrogens is 249 g/mol. The number of hydrogen-bond donors (Lipinski definition) is 0. The summed E-state index contributed by atoms with van der Waals surface area (Å²) in [7, 11) is 0. The minimum Gasteiger partial charge on any atom is -0.288 e. The van der Waals surface area contributed by atoms with Gasteiger partial charge in [-0.05, 0) is 18.2 Å². The predicted molar refractivity (Wildman–Crippen MR) is 44.4 cm³/mol. The molecule has 0 aliphatic carbocycles. The number of carbonyl (C=O) groups is 1. The van der Waals surface area contributed by atoms with Crippen molar-refractivity contribution in [2.75, 3.05) is 0 Å². The minimum absolute atomic E-state index is 0.261. The van der Waals surface area contributed by atoms with E-state index >= 15 is 0 Å². The summed E-state index contributed by atoms with van der Waals surface area (Å²) in [5.74, 6) is -2.10. The Morgan fingerprint density at radius 3 is 2.38 bits per heavy atom. The average molecular weight is 253 g/mol. The maximum absolute atomic E-state index is 12.6. The second-order valence-electron chi connectivity index (χ2n) is 2.32. The number of alkyl halides is 2. The average Bonchev–Trinajstić information content (AvgIpc) is 2.01. The van der Waals surface area contributed by atoms with Crippen LogP contribution in [0, 0.1) is 5.82 Å². The molecule has 0 fully saturated rings. The second-order valence-corrected chi connectivity index (χ2v) is 3.24. The van der Waals surface area contributed by atoms with Gasteiger partial charge in [0.05, 0.1) is 0 Å². The molecule has 1 nitrogen and oxygen atoms in total. The molecule has 0 bridgehead atoms. The Bertz CT molecular complexity index is 318. The van der Waals surface area contributed by atoms with Gasteiger partial charge in [-0.25, -0.2) is 13.2 Å². The summed E-state index contributed by atoms with van der Waals surface area (Å²) in [5, 5.41) is 0. The van der Waals surface area contributed by atoms with Gasteiger partial charge >= 0.3 is 6.43 Å². The molecule has 1 aromatic carbocycles. The van der Waals surface area contributed by atoms with E-state index in [1.54, 1.807) is 0 Å². The van der Waals surface area contributed by atoms with Gasteiger partial charge in [-0.3, -0.25) is 4.79 Å². The normalized spacial score (nSPS) is 10.5. The van der Waals surface area contributed by atoms with Crippen LogP contribution >= 0.6 is 15.9 Å². The van der Waals surface area contributed by atoms with Gasteiger partial charge in [0.2, 0.25) is 5.78 Å². The van der Waals surface area contributed by atoms with E-state index in [9.17, 15) is 18.0 Å². The third-order valence-electron chi connectivity index (χ3n) is 1.35. The van der Waals surface area contributed by atoms with Gasteiger partial charge in [-0.1, -0.05) is 15.9 Å². The lowest BCUT2D eigenvalue weighted by atomic mass is 10.1. The molecule has 1 rings (SSSR count). The monoisotopic (exact) mass is 252 g/mol. The maximum Gasteiger partial charge on any atom is 0.300 e. The maximum atomic E-state index is 12.6. The van der Waals surface area contributed by atoms with Gasteiger partial charge in [0.15, 0.2) is 0 Å². The van der Waals surface area contributed by atoms with Gasteiger partial charge in [0.25, 0.3) is 0 Å².